The Bertz CT molecular complexity index is 678. The van der Waals surface area contributed by atoms with Crippen molar-refractivity contribution in [2.75, 3.05) is 39.3 Å². The summed E-state index contributed by atoms with van der Waals surface area (Å²) in [4.78, 5) is 25.0. The fourth-order valence-electron chi connectivity index (χ4n) is 3.39. The molecule has 2 aliphatic rings. The van der Waals surface area contributed by atoms with Crippen LogP contribution in [0.5, 0.6) is 0 Å². The normalized spacial score (nSPS) is 21.9. The van der Waals surface area contributed by atoms with E-state index in [4.69, 9.17) is 11.4 Å². The van der Waals surface area contributed by atoms with Gasteiger partial charge in [-0.25, -0.2) is 4.85 Å². The Balaban J connectivity index is 1.49. The van der Waals surface area contributed by atoms with Gasteiger partial charge in [0.05, 0.1) is 18.8 Å². The zero-order valence-corrected chi connectivity index (χ0v) is 14.6. The summed E-state index contributed by atoms with van der Waals surface area (Å²) in [6, 6.07) is 7.50. The lowest BCUT2D eigenvalue weighted by Crippen LogP contribution is -2.37. The third kappa shape index (κ3) is 4.88. The first-order valence-corrected chi connectivity index (χ1v) is 8.79. The molecule has 1 unspecified atom stereocenters. The molecule has 1 saturated heterocycles. The van der Waals surface area contributed by atoms with Crippen LogP contribution in [0.15, 0.2) is 29.4 Å². The Hall–Kier alpha value is -2.23. The molecule has 1 fully saturated rings. The van der Waals surface area contributed by atoms with Crippen LogP contribution in [0.3, 0.4) is 0 Å². The highest BCUT2D eigenvalue weighted by molar-refractivity contribution is 6.01. The minimum Gasteiger partial charge on any atom is -0.390 e. The summed E-state index contributed by atoms with van der Waals surface area (Å²) >= 11 is 0. The molecule has 6 heteroatoms. The first-order valence-electron chi connectivity index (χ1n) is 8.79. The van der Waals surface area contributed by atoms with Gasteiger partial charge in [0.2, 0.25) is 0 Å². The van der Waals surface area contributed by atoms with Crippen LogP contribution in [0.1, 0.15) is 25.3 Å². The first-order chi connectivity index (χ1) is 12.1. The molecule has 25 heavy (non-hydrogen) atoms. The standard InChI is InChI=1S/C19H24N4O2/c1-15(24)13-22-8-3-9-23(11-10-22)14-18-12-19(21-25-18)16-4-6-17(20-2)7-5-16/h4-7,18H,3,8-14H2,1H3. The molecular formula is C19H24N4O2. The Labute approximate surface area is 148 Å². The molecule has 2 heterocycles. The minimum atomic E-state index is 0.0786. The fraction of sp³-hybridized carbons (Fsp3) is 0.526. The molecule has 2 aliphatic heterocycles. The summed E-state index contributed by atoms with van der Waals surface area (Å²) in [6.07, 6.45) is 1.95. The predicted octanol–water partition coefficient (Wildman–Crippen LogP) is 2.33. The van der Waals surface area contributed by atoms with E-state index in [1.165, 1.54) is 0 Å². The molecule has 1 atom stereocenters. The summed E-state index contributed by atoms with van der Waals surface area (Å²) in [7, 11) is 0. The topological polar surface area (TPSA) is 49.5 Å². The number of carbonyl (C=O) groups excluding carboxylic acids is 1. The van der Waals surface area contributed by atoms with Crippen LogP contribution in [0.4, 0.5) is 5.69 Å². The van der Waals surface area contributed by atoms with Crippen LogP contribution >= 0.6 is 0 Å². The van der Waals surface area contributed by atoms with Gasteiger partial charge in [0.1, 0.15) is 11.9 Å². The van der Waals surface area contributed by atoms with Gasteiger partial charge < -0.3 is 4.84 Å². The van der Waals surface area contributed by atoms with E-state index in [2.05, 4.69) is 19.8 Å². The fourth-order valence-corrected chi connectivity index (χ4v) is 3.39. The third-order valence-corrected chi connectivity index (χ3v) is 4.65. The SMILES string of the molecule is [C-]#[N+]c1ccc(C2=NOC(CN3CCCN(CC(C)=O)CC3)C2)cc1. The van der Waals surface area contributed by atoms with Gasteiger partial charge in [0.15, 0.2) is 5.69 Å². The largest absolute Gasteiger partial charge is 0.390 e. The summed E-state index contributed by atoms with van der Waals surface area (Å²) in [6.45, 7) is 14.0. The van der Waals surface area contributed by atoms with Crippen molar-refractivity contribution in [3.8, 4) is 0 Å². The molecule has 0 aromatic heterocycles. The molecule has 0 radical (unpaired) electrons. The summed E-state index contributed by atoms with van der Waals surface area (Å²) in [5.41, 5.74) is 2.62. The Morgan fingerprint density at radius 3 is 2.68 bits per heavy atom. The average Bonchev–Trinajstić information content (AvgIpc) is 2.96. The lowest BCUT2D eigenvalue weighted by Gasteiger charge is -2.23. The van der Waals surface area contributed by atoms with Crippen LogP contribution in [0.2, 0.25) is 0 Å². The molecular weight excluding hydrogens is 316 g/mol. The van der Waals surface area contributed by atoms with E-state index in [9.17, 15) is 4.79 Å². The molecule has 132 valence electrons. The summed E-state index contributed by atoms with van der Waals surface area (Å²) in [5, 5.41) is 4.24. The third-order valence-electron chi connectivity index (χ3n) is 4.65. The molecule has 3 rings (SSSR count). The Morgan fingerprint density at radius 1 is 1.24 bits per heavy atom. The van der Waals surface area contributed by atoms with Crippen molar-refractivity contribution >= 4 is 17.2 Å². The zero-order chi connectivity index (χ0) is 17.6. The molecule has 0 N–H and O–H groups in total. The van der Waals surface area contributed by atoms with E-state index in [0.29, 0.717) is 12.2 Å². The second kappa shape index (κ2) is 8.24. The van der Waals surface area contributed by atoms with Gasteiger partial charge in [-0.05, 0) is 32.0 Å². The number of nitrogens with zero attached hydrogens (tertiary/aromatic N) is 4. The average molecular weight is 340 g/mol. The number of oxime groups is 1. The van der Waals surface area contributed by atoms with Gasteiger partial charge in [-0.3, -0.25) is 14.6 Å². The van der Waals surface area contributed by atoms with E-state index in [-0.39, 0.29) is 11.9 Å². The van der Waals surface area contributed by atoms with E-state index in [1.54, 1.807) is 6.92 Å². The smallest absolute Gasteiger partial charge is 0.187 e. The number of hydrogen-bond acceptors (Lipinski definition) is 5. The molecule has 0 aliphatic carbocycles. The van der Waals surface area contributed by atoms with Gasteiger partial charge in [-0.15, -0.1) is 0 Å². The van der Waals surface area contributed by atoms with Crippen LogP contribution in [0, 0.1) is 6.57 Å². The number of Topliss-reactive ketones (excluding diaryl/α,β-unsaturated/α-hetero) is 1. The number of benzene rings is 1. The molecule has 1 aromatic carbocycles. The minimum absolute atomic E-state index is 0.0786. The van der Waals surface area contributed by atoms with Gasteiger partial charge in [0, 0.05) is 26.1 Å². The predicted molar refractivity (Wildman–Crippen MR) is 96.9 cm³/mol. The maximum Gasteiger partial charge on any atom is 0.187 e. The van der Waals surface area contributed by atoms with E-state index in [0.717, 1.165) is 56.8 Å². The van der Waals surface area contributed by atoms with Crippen molar-refractivity contribution in [3.05, 3.63) is 41.2 Å². The van der Waals surface area contributed by atoms with E-state index >= 15 is 0 Å². The first kappa shape index (κ1) is 17.6. The number of hydrogen-bond donors (Lipinski definition) is 0. The summed E-state index contributed by atoms with van der Waals surface area (Å²) in [5.74, 6) is 0.231. The molecule has 0 spiro atoms. The van der Waals surface area contributed by atoms with E-state index in [1.807, 2.05) is 24.3 Å². The number of carbonyl (C=O) groups is 1. The van der Waals surface area contributed by atoms with Gasteiger partial charge in [0.25, 0.3) is 0 Å². The molecule has 6 nitrogen and oxygen atoms in total. The Morgan fingerprint density at radius 2 is 1.96 bits per heavy atom. The molecule has 1 aromatic rings. The second-order valence-electron chi connectivity index (χ2n) is 6.76. The van der Waals surface area contributed by atoms with Crippen LogP contribution in [-0.4, -0.2) is 66.7 Å². The van der Waals surface area contributed by atoms with Crippen LogP contribution in [-0.2, 0) is 9.63 Å². The van der Waals surface area contributed by atoms with Gasteiger partial charge >= 0.3 is 0 Å². The zero-order valence-electron chi connectivity index (χ0n) is 14.6. The highest BCUT2D eigenvalue weighted by Crippen LogP contribution is 2.20. The molecule has 0 amide bonds. The second-order valence-corrected chi connectivity index (χ2v) is 6.76. The highest BCUT2D eigenvalue weighted by Gasteiger charge is 2.25. The molecule has 0 saturated carbocycles. The van der Waals surface area contributed by atoms with Crippen molar-refractivity contribution in [2.45, 2.75) is 25.9 Å². The van der Waals surface area contributed by atoms with Crippen molar-refractivity contribution in [1.29, 1.82) is 0 Å². The van der Waals surface area contributed by atoms with Crippen molar-refractivity contribution in [2.24, 2.45) is 5.16 Å². The van der Waals surface area contributed by atoms with Gasteiger partial charge in [-0.1, -0.05) is 29.4 Å². The molecule has 0 bridgehead atoms. The maximum atomic E-state index is 11.3. The lowest BCUT2D eigenvalue weighted by atomic mass is 10.0. The lowest BCUT2D eigenvalue weighted by molar-refractivity contribution is -0.118. The van der Waals surface area contributed by atoms with E-state index < -0.39 is 0 Å². The maximum absolute atomic E-state index is 11.3. The quantitative estimate of drug-likeness (QED) is 0.772. The Kier molecular flexibility index (Phi) is 5.79. The number of ketones is 1. The summed E-state index contributed by atoms with van der Waals surface area (Å²) < 4.78 is 0. The van der Waals surface area contributed by atoms with Crippen molar-refractivity contribution in [3.63, 3.8) is 0 Å². The van der Waals surface area contributed by atoms with Crippen LogP contribution < -0.4 is 0 Å². The monoisotopic (exact) mass is 340 g/mol. The highest BCUT2D eigenvalue weighted by atomic mass is 16.6. The van der Waals surface area contributed by atoms with Crippen molar-refractivity contribution in [1.82, 2.24) is 9.80 Å². The number of rotatable bonds is 5. The van der Waals surface area contributed by atoms with Crippen molar-refractivity contribution < 1.29 is 9.63 Å². The van der Waals surface area contributed by atoms with Gasteiger partial charge in [-0.2, -0.15) is 0 Å². The van der Waals surface area contributed by atoms with Crippen LogP contribution in [0.25, 0.3) is 4.85 Å².